The predicted molar refractivity (Wildman–Crippen MR) is 298 cm³/mol. The summed E-state index contributed by atoms with van der Waals surface area (Å²) in [4.78, 5) is 25.9. The summed E-state index contributed by atoms with van der Waals surface area (Å²) < 4.78 is 33.6. The lowest BCUT2D eigenvalue weighted by molar-refractivity contribution is -0.332. The van der Waals surface area contributed by atoms with Crippen molar-refractivity contribution in [3.63, 3.8) is 0 Å². The first-order chi connectivity index (χ1) is 37.0. The van der Waals surface area contributed by atoms with Gasteiger partial charge < -0.3 is 64.2 Å². The second-order valence-corrected chi connectivity index (χ2v) is 20.1. The van der Waals surface area contributed by atoms with Gasteiger partial charge in [-0.2, -0.15) is 0 Å². The van der Waals surface area contributed by atoms with Crippen molar-refractivity contribution in [2.24, 2.45) is 0 Å². The maximum absolute atomic E-state index is 13.0. The molecule has 15 nitrogen and oxygen atoms in total. The highest BCUT2D eigenvalue weighted by Gasteiger charge is 2.47. The normalized spacial score (nSPS) is 25.0. The molecule has 0 spiro atoms. The summed E-state index contributed by atoms with van der Waals surface area (Å²) >= 11 is 0. The molecule has 0 amide bonds. The van der Waals surface area contributed by atoms with E-state index < -0.39 is 99.3 Å². The Hall–Kier alpha value is -3.32. The summed E-state index contributed by atoms with van der Waals surface area (Å²) in [6.45, 7) is 2.40. The fourth-order valence-electron chi connectivity index (χ4n) is 8.65. The van der Waals surface area contributed by atoms with Crippen LogP contribution < -0.4 is 0 Å². The van der Waals surface area contributed by atoms with Crippen LogP contribution >= 0.6 is 0 Å². The molecule has 0 aromatic rings. The Labute approximate surface area is 456 Å². The first-order valence-corrected chi connectivity index (χ1v) is 29.2. The highest BCUT2D eigenvalue weighted by atomic mass is 16.7. The highest BCUT2D eigenvalue weighted by molar-refractivity contribution is 5.70. The lowest BCUT2D eigenvalue weighted by Gasteiger charge is -2.42. The molecular weight excluding hydrogens is 973 g/mol. The molecule has 2 fully saturated rings. The van der Waals surface area contributed by atoms with E-state index in [1.807, 2.05) is 12.2 Å². The molecule has 7 N–H and O–H groups in total. The highest BCUT2D eigenvalue weighted by Crippen LogP contribution is 2.26. The molecule has 0 radical (unpaired) electrons. The van der Waals surface area contributed by atoms with E-state index in [1.165, 1.54) is 96.3 Å². The van der Waals surface area contributed by atoms with Gasteiger partial charge in [-0.15, -0.1) is 0 Å². The lowest BCUT2D eigenvalue weighted by atomic mass is 9.98. The van der Waals surface area contributed by atoms with Gasteiger partial charge in [-0.25, -0.2) is 0 Å². The van der Waals surface area contributed by atoms with E-state index in [-0.39, 0.29) is 19.4 Å². The topological polar surface area (TPSA) is 231 Å². The van der Waals surface area contributed by atoms with Crippen LogP contribution in [0.25, 0.3) is 0 Å². The number of carbonyl (C=O) groups excluding carboxylic acids is 2. The lowest BCUT2D eigenvalue weighted by Crippen LogP contribution is -2.61. The molecule has 2 heterocycles. The molecular formula is C61H102O15. The van der Waals surface area contributed by atoms with Crippen LogP contribution in [-0.2, 0) is 38.0 Å². The fourth-order valence-corrected chi connectivity index (χ4v) is 8.65. The molecule has 11 atom stereocenters. The number of aliphatic hydroxyl groups excluding tert-OH is 7. The molecule has 4 unspecified atom stereocenters. The molecule has 0 bridgehead atoms. The van der Waals surface area contributed by atoms with Gasteiger partial charge in [0, 0.05) is 12.8 Å². The van der Waals surface area contributed by atoms with Crippen LogP contribution in [0.5, 0.6) is 0 Å². The Kier molecular flexibility index (Phi) is 42.2. The van der Waals surface area contributed by atoms with Crippen molar-refractivity contribution in [1.82, 2.24) is 0 Å². The number of hydrogen-bond acceptors (Lipinski definition) is 15. The van der Waals surface area contributed by atoms with Gasteiger partial charge in [0.2, 0.25) is 0 Å². The van der Waals surface area contributed by atoms with Crippen LogP contribution in [0.15, 0.2) is 85.1 Å². The van der Waals surface area contributed by atoms with E-state index in [4.69, 9.17) is 28.4 Å². The average Bonchev–Trinajstić information content (AvgIpc) is 3.41. The van der Waals surface area contributed by atoms with Crippen LogP contribution in [0.3, 0.4) is 0 Å². The molecule has 0 saturated carbocycles. The minimum atomic E-state index is -1.78. The molecule has 2 rings (SSSR count). The summed E-state index contributed by atoms with van der Waals surface area (Å²) in [6.07, 6.45) is 41.9. The minimum absolute atomic E-state index is 0.0364. The van der Waals surface area contributed by atoms with Gasteiger partial charge in [-0.1, -0.05) is 189 Å². The number of rotatable bonds is 45. The maximum Gasteiger partial charge on any atom is 0.306 e. The van der Waals surface area contributed by atoms with Crippen molar-refractivity contribution in [2.75, 3.05) is 26.4 Å². The second kappa shape index (κ2) is 46.6. The summed E-state index contributed by atoms with van der Waals surface area (Å²) in [5.41, 5.74) is 0. The Morgan fingerprint density at radius 3 is 1.36 bits per heavy atom. The third kappa shape index (κ3) is 33.2. The van der Waals surface area contributed by atoms with Crippen molar-refractivity contribution >= 4 is 11.9 Å². The van der Waals surface area contributed by atoms with Crippen LogP contribution in [0.2, 0.25) is 0 Å². The van der Waals surface area contributed by atoms with Crippen LogP contribution in [0.1, 0.15) is 194 Å². The van der Waals surface area contributed by atoms with Crippen LogP contribution in [0, 0.1) is 0 Å². The van der Waals surface area contributed by atoms with Crippen LogP contribution in [0.4, 0.5) is 0 Å². The molecule has 2 saturated heterocycles. The molecule has 0 aromatic heterocycles. The van der Waals surface area contributed by atoms with E-state index in [9.17, 15) is 45.3 Å². The van der Waals surface area contributed by atoms with Crippen molar-refractivity contribution in [2.45, 2.75) is 261 Å². The smallest absolute Gasteiger partial charge is 0.306 e. The number of ether oxygens (including phenoxy) is 6. The molecule has 2 aliphatic heterocycles. The number of aliphatic hydroxyl groups is 7. The van der Waals surface area contributed by atoms with E-state index in [0.29, 0.717) is 19.3 Å². The number of allylic oxidation sites excluding steroid dienone is 14. The van der Waals surface area contributed by atoms with Gasteiger partial charge in [0.25, 0.3) is 0 Å². The zero-order valence-electron chi connectivity index (χ0n) is 46.5. The number of carbonyl (C=O) groups is 2. The number of hydrogen-bond donors (Lipinski definition) is 7. The van der Waals surface area contributed by atoms with Gasteiger partial charge in [0.15, 0.2) is 18.7 Å². The summed E-state index contributed by atoms with van der Waals surface area (Å²) in [6, 6.07) is 0. The Morgan fingerprint density at radius 1 is 0.434 bits per heavy atom. The van der Waals surface area contributed by atoms with E-state index in [0.717, 1.165) is 51.4 Å². The Balaban J connectivity index is 1.78. The fraction of sp³-hybridized carbons (Fsp3) is 0.738. The van der Waals surface area contributed by atoms with E-state index in [1.54, 1.807) is 0 Å². The quantitative estimate of drug-likeness (QED) is 0.0171. The zero-order valence-corrected chi connectivity index (χ0v) is 46.5. The molecule has 0 aromatic carbocycles. The molecule has 0 aliphatic carbocycles. The minimum Gasteiger partial charge on any atom is -0.462 e. The van der Waals surface area contributed by atoms with Crippen molar-refractivity contribution in [1.29, 1.82) is 0 Å². The van der Waals surface area contributed by atoms with Crippen molar-refractivity contribution in [3.05, 3.63) is 85.1 Å². The molecule has 76 heavy (non-hydrogen) atoms. The zero-order chi connectivity index (χ0) is 55.3. The average molecular weight is 1080 g/mol. The molecule has 2 aliphatic rings. The van der Waals surface area contributed by atoms with Gasteiger partial charge in [-0.05, 0) is 77.0 Å². The van der Waals surface area contributed by atoms with Crippen LogP contribution in [-0.4, -0.2) is 142 Å². The van der Waals surface area contributed by atoms with Gasteiger partial charge in [0.05, 0.1) is 19.8 Å². The SMILES string of the molecule is CC/C=C/C/C=C/C/C=C/C/C=C/C/C=C/C/C=C/CCC(=O)O[C@@H](COC(=O)CCCCCCCCCCCCC/C=C/CCCCCCCC)CO[C@@H]1O[C@H](CO[C@@H]2O[C@H](CO)[C@H](O)C(O)C2O)[C@H](O)C(O)C1O. The van der Waals surface area contributed by atoms with Gasteiger partial charge in [-0.3, -0.25) is 9.59 Å². The van der Waals surface area contributed by atoms with Crippen molar-refractivity contribution in [3.8, 4) is 0 Å². The maximum atomic E-state index is 13.0. The Bertz CT molecular complexity index is 1640. The van der Waals surface area contributed by atoms with Gasteiger partial charge in [0.1, 0.15) is 55.4 Å². The number of unbranched alkanes of at least 4 members (excludes halogenated alkanes) is 17. The second-order valence-electron chi connectivity index (χ2n) is 20.1. The predicted octanol–water partition coefficient (Wildman–Crippen LogP) is 9.94. The standard InChI is InChI=1S/C61H102O15/c1-3-5-7-9-11-13-15-17-19-21-23-24-26-27-29-31-33-35-37-39-41-43-52(63)71-46-49(74-53(64)44-42-40-38-36-34-32-30-28-25-22-20-18-16-14-12-10-8-6-4-2)47-72-60-59(70)57(68)55(66)51(76-60)48-73-61-58(69)56(67)54(65)50(45-62)75-61/h6,8,12,14,17-20,25,28,32,34,38,40,49-51,54-62,65-70H,3-5,7,9-11,13,15-16,21-24,26-27,29-31,33,35-37,39,41-48H2,1-2H3/b8-6+,14-12+,19-17+,20-18+,28-25+,34-32+,40-38+/t49-,50+,51+,54-,55-,56?,57?,58?,59?,60+,61+/m0/s1. The number of esters is 2. The summed E-state index contributed by atoms with van der Waals surface area (Å²) in [5.74, 6) is -1.03. The monoisotopic (exact) mass is 1070 g/mol. The van der Waals surface area contributed by atoms with E-state index in [2.05, 4.69) is 86.8 Å². The largest absolute Gasteiger partial charge is 0.462 e. The van der Waals surface area contributed by atoms with E-state index >= 15 is 0 Å². The first-order valence-electron chi connectivity index (χ1n) is 29.2. The third-order valence-corrected chi connectivity index (χ3v) is 13.4. The molecule has 15 heteroatoms. The first kappa shape index (κ1) is 68.8. The Morgan fingerprint density at radius 2 is 0.855 bits per heavy atom. The summed E-state index contributed by atoms with van der Waals surface area (Å²) in [5, 5.41) is 72.3. The summed E-state index contributed by atoms with van der Waals surface area (Å²) in [7, 11) is 0. The van der Waals surface area contributed by atoms with Crippen molar-refractivity contribution < 1.29 is 73.8 Å². The molecule has 436 valence electrons. The van der Waals surface area contributed by atoms with Gasteiger partial charge >= 0.3 is 11.9 Å². The third-order valence-electron chi connectivity index (χ3n) is 13.4.